The Bertz CT molecular complexity index is 358. The molecule has 0 radical (unpaired) electrons. The summed E-state index contributed by atoms with van der Waals surface area (Å²) in [5.41, 5.74) is 5.69. The van der Waals surface area contributed by atoms with Crippen molar-refractivity contribution in [1.82, 2.24) is 0 Å². The van der Waals surface area contributed by atoms with E-state index in [1.807, 2.05) is 0 Å². The minimum atomic E-state index is -1.65. The van der Waals surface area contributed by atoms with Crippen molar-refractivity contribution in [2.45, 2.75) is 6.10 Å². The van der Waals surface area contributed by atoms with Gasteiger partial charge in [0.15, 0.2) is 6.10 Å². The molecule has 1 aromatic carbocycles. The molecule has 4 nitrogen and oxygen atoms in total. The van der Waals surface area contributed by atoms with Crippen LogP contribution in [0.25, 0.3) is 0 Å². The molecule has 0 aliphatic carbocycles. The summed E-state index contributed by atoms with van der Waals surface area (Å²) >= 11 is 11.3. The number of hydrogen-bond acceptors (Lipinski definition) is 3. The highest BCUT2D eigenvalue weighted by Gasteiger charge is 2.18. The van der Waals surface area contributed by atoms with Crippen LogP contribution in [-0.2, 0) is 4.79 Å². The second-order valence-corrected chi connectivity index (χ2v) is 3.45. The molecule has 1 atom stereocenters. The molecule has 0 saturated carbocycles. The van der Waals surface area contributed by atoms with Crippen molar-refractivity contribution in [3.8, 4) is 0 Å². The number of anilines is 1. The van der Waals surface area contributed by atoms with Crippen LogP contribution in [0.3, 0.4) is 0 Å². The van der Waals surface area contributed by atoms with Crippen LogP contribution >= 0.6 is 23.2 Å². The van der Waals surface area contributed by atoms with E-state index >= 15 is 0 Å². The van der Waals surface area contributed by atoms with Crippen LogP contribution in [0.15, 0.2) is 12.1 Å². The van der Waals surface area contributed by atoms with E-state index in [0.717, 1.165) is 0 Å². The third-order valence-electron chi connectivity index (χ3n) is 1.65. The maximum Gasteiger partial charge on any atom is 0.337 e. The first-order valence-electron chi connectivity index (χ1n) is 3.58. The lowest BCUT2D eigenvalue weighted by Gasteiger charge is -2.08. The molecule has 6 heteroatoms. The first-order valence-corrected chi connectivity index (χ1v) is 4.34. The number of halogens is 2. The van der Waals surface area contributed by atoms with Gasteiger partial charge in [-0.25, -0.2) is 4.79 Å². The summed E-state index contributed by atoms with van der Waals surface area (Å²) in [5, 5.41) is 17.9. The molecule has 1 aromatic rings. The van der Waals surface area contributed by atoms with E-state index in [1.165, 1.54) is 12.1 Å². The predicted octanol–water partition coefficient (Wildman–Crippen LogP) is 1.69. The number of carboxylic acid groups (broad SMARTS) is 1. The van der Waals surface area contributed by atoms with E-state index in [9.17, 15) is 9.90 Å². The molecule has 0 amide bonds. The largest absolute Gasteiger partial charge is 0.479 e. The fourth-order valence-electron chi connectivity index (χ4n) is 0.904. The Balaban J connectivity index is 3.19. The lowest BCUT2D eigenvalue weighted by Crippen LogP contribution is -2.10. The van der Waals surface area contributed by atoms with E-state index in [4.69, 9.17) is 34.0 Å². The molecule has 0 aromatic heterocycles. The predicted molar refractivity (Wildman–Crippen MR) is 53.5 cm³/mol. The molecular weight excluding hydrogens is 229 g/mol. The Kier molecular flexibility index (Phi) is 3.21. The van der Waals surface area contributed by atoms with Crippen molar-refractivity contribution in [1.29, 1.82) is 0 Å². The summed E-state index contributed by atoms with van der Waals surface area (Å²) in [6.45, 7) is 0. The lowest BCUT2D eigenvalue weighted by atomic mass is 10.1. The van der Waals surface area contributed by atoms with E-state index in [2.05, 4.69) is 0 Å². The number of aliphatic hydroxyl groups is 1. The van der Waals surface area contributed by atoms with Gasteiger partial charge in [0.05, 0.1) is 15.7 Å². The number of aliphatic carboxylic acids is 1. The standard InChI is InChI=1S/C8H7Cl2NO3/c9-4-1-3(7(12)8(13)14)2-5(10)6(4)11/h1-2,7,12H,11H2,(H,13,14)/t7-/m0/s1. The first kappa shape index (κ1) is 11.1. The van der Waals surface area contributed by atoms with Gasteiger partial charge in [0.2, 0.25) is 0 Å². The van der Waals surface area contributed by atoms with Crippen LogP contribution in [0.1, 0.15) is 11.7 Å². The van der Waals surface area contributed by atoms with E-state index in [-0.39, 0.29) is 21.3 Å². The Hall–Kier alpha value is -0.970. The van der Waals surface area contributed by atoms with Gasteiger partial charge < -0.3 is 15.9 Å². The third-order valence-corrected chi connectivity index (χ3v) is 2.28. The van der Waals surface area contributed by atoms with Gasteiger partial charge >= 0.3 is 5.97 Å². The number of nitrogens with two attached hydrogens (primary N) is 1. The van der Waals surface area contributed by atoms with Gasteiger partial charge in [-0.1, -0.05) is 23.2 Å². The van der Waals surface area contributed by atoms with Crippen LogP contribution < -0.4 is 5.73 Å². The van der Waals surface area contributed by atoms with Gasteiger partial charge in [0.1, 0.15) is 0 Å². The summed E-state index contributed by atoms with van der Waals surface area (Å²) in [5.74, 6) is -1.37. The fraction of sp³-hybridized carbons (Fsp3) is 0.125. The van der Waals surface area contributed by atoms with Gasteiger partial charge in [-0.05, 0) is 17.7 Å². The molecule has 0 aliphatic rings. The highest BCUT2D eigenvalue weighted by molar-refractivity contribution is 6.38. The summed E-state index contributed by atoms with van der Waals surface area (Å²) in [6, 6.07) is 2.53. The Labute approximate surface area is 89.9 Å². The minimum absolute atomic E-state index is 0.0988. The summed E-state index contributed by atoms with van der Waals surface area (Å²) in [6.07, 6.45) is -1.65. The van der Waals surface area contributed by atoms with Crippen molar-refractivity contribution in [2.24, 2.45) is 0 Å². The fourth-order valence-corrected chi connectivity index (χ4v) is 1.41. The van der Waals surface area contributed by atoms with Gasteiger partial charge in [-0.2, -0.15) is 0 Å². The molecule has 4 N–H and O–H groups in total. The maximum atomic E-state index is 10.4. The van der Waals surface area contributed by atoms with E-state index in [0.29, 0.717) is 0 Å². The molecule has 0 unspecified atom stereocenters. The summed E-state index contributed by atoms with van der Waals surface area (Å²) < 4.78 is 0. The smallest absolute Gasteiger partial charge is 0.337 e. The number of benzene rings is 1. The lowest BCUT2D eigenvalue weighted by molar-refractivity contribution is -0.146. The van der Waals surface area contributed by atoms with Crippen molar-refractivity contribution in [3.05, 3.63) is 27.7 Å². The SMILES string of the molecule is Nc1c(Cl)cc([C@H](O)C(=O)O)cc1Cl. The molecule has 0 spiro atoms. The highest BCUT2D eigenvalue weighted by atomic mass is 35.5. The first-order chi connectivity index (χ1) is 6.43. The summed E-state index contributed by atoms with van der Waals surface area (Å²) in [4.78, 5) is 10.4. The average Bonchev–Trinajstić information content (AvgIpc) is 2.12. The maximum absolute atomic E-state index is 10.4. The minimum Gasteiger partial charge on any atom is -0.479 e. The quantitative estimate of drug-likeness (QED) is 0.682. The van der Waals surface area contributed by atoms with Crippen molar-refractivity contribution in [2.75, 3.05) is 5.73 Å². The van der Waals surface area contributed by atoms with Gasteiger partial charge in [0.25, 0.3) is 0 Å². The highest BCUT2D eigenvalue weighted by Crippen LogP contribution is 2.31. The zero-order valence-corrected chi connectivity index (χ0v) is 8.38. The number of rotatable bonds is 2. The average molecular weight is 236 g/mol. The van der Waals surface area contributed by atoms with Gasteiger partial charge in [0, 0.05) is 0 Å². The number of nitrogen functional groups attached to an aromatic ring is 1. The van der Waals surface area contributed by atoms with Gasteiger partial charge in [-0.15, -0.1) is 0 Å². The second kappa shape index (κ2) is 4.04. The number of carbonyl (C=O) groups is 1. The molecule has 0 saturated heterocycles. The molecule has 0 bridgehead atoms. The van der Waals surface area contributed by atoms with Crippen molar-refractivity contribution >= 4 is 34.9 Å². The topological polar surface area (TPSA) is 83.5 Å². The van der Waals surface area contributed by atoms with Crippen molar-refractivity contribution in [3.63, 3.8) is 0 Å². The zero-order chi connectivity index (χ0) is 10.9. The van der Waals surface area contributed by atoms with Crippen LogP contribution in [0.4, 0.5) is 5.69 Å². The van der Waals surface area contributed by atoms with Gasteiger partial charge in [-0.3, -0.25) is 0 Å². The monoisotopic (exact) mass is 235 g/mol. The molecule has 0 fully saturated rings. The van der Waals surface area contributed by atoms with E-state index < -0.39 is 12.1 Å². The molecule has 0 aliphatic heterocycles. The van der Waals surface area contributed by atoms with Crippen LogP contribution in [0.5, 0.6) is 0 Å². The molecule has 14 heavy (non-hydrogen) atoms. The van der Waals surface area contributed by atoms with E-state index in [1.54, 1.807) is 0 Å². The van der Waals surface area contributed by atoms with Crippen LogP contribution in [0, 0.1) is 0 Å². The van der Waals surface area contributed by atoms with Crippen molar-refractivity contribution < 1.29 is 15.0 Å². The zero-order valence-electron chi connectivity index (χ0n) is 6.87. The second-order valence-electron chi connectivity index (χ2n) is 2.64. The Morgan fingerprint density at radius 2 is 1.79 bits per heavy atom. The number of aliphatic hydroxyl groups excluding tert-OH is 1. The van der Waals surface area contributed by atoms with Crippen LogP contribution in [0.2, 0.25) is 10.0 Å². The Morgan fingerprint density at radius 3 is 2.14 bits per heavy atom. The van der Waals surface area contributed by atoms with Crippen LogP contribution in [-0.4, -0.2) is 16.2 Å². The Morgan fingerprint density at radius 1 is 1.36 bits per heavy atom. The molecule has 0 heterocycles. The number of carboxylic acids is 1. The number of hydrogen-bond donors (Lipinski definition) is 3. The summed E-state index contributed by atoms with van der Waals surface area (Å²) in [7, 11) is 0. The molecular formula is C8H7Cl2NO3. The third kappa shape index (κ3) is 2.09. The normalized spacial score (nSPS) is 12.5. The molecule has 76 valence electrons. The molecule has 1 rings (SSSR count).